The third-order valence-corrected chi connectivity index (χ3v) is 4.91. The van der Waals surface area contributed by atoms with Crippen LogP contribution in [0.15, 0.2) is 51.8 Å². The van der Waals surface area contributed by atoms with Crippen LogP contribution in [0.3, 0.4) is 0 Å². The SMILES string of the molecule is O=C(c1ccoc1)N1CCCC(CCc2noc(-c3ccc(F)cc3)n2)C1. The molecule has 1 aromatic carbocycles. The number of nitrogens with zero attached hydrogens (tertiary/aromatic N) is 3. The largest absolute Gasteiger partial charge is 0.472 e. The zero-order valence-corrected chi connectivity index (χ0v) is 14.8. The van der Waals surface area contributed by atoms with Crippen molar-refractivity contribution in [3.63, 3.8) is 0 Å². The van der Waals surface area contributed by atoms with Gasteiger partial charge >= 0.3 is 0 Å². The molecule has 1 unspecified atom stereocenters. The lowest BCUT2D eigenvalue weighted by Gasteiger charge is -2.32. The minimum Gasteiger partial charge on any atom is -0.472 e. The number of piperidine rings is 1. The van der Waals surface area contributed by atoms with E-state index in [0.717, 1.165) is 32.4 Å². The van der Waals surface area contributed by atoms with Gasteiger partial charge in [-0.15, -0.1) is 0 Å². The van der Waals surface area contributed by atoms with Gasteiger partial charge in [0, 0.05) is 25.1 Å². The van der Waals surface area contributed by atoms with Gasteiger partial charge in [-0.3, -0.25) is 4.79 Å². The number of amides is 1. The third-order valence-electron chi connectivity index (χ3n) is 4.91. The smallest absolute Gasteiger partial charge is 0.257 e. The summed E-state index contributed by atoms with van der Waals surface area (Å²) in [6, 6.07) is 7.67. The van der Waals surface area contributed by atoms with Crippen molar-refractivity contribution in [1.29, 1.82) is 0 Å². The minimum atomic E-state index is -0.301. The second-order valence-electron chi connectivity index (χ2n) is 6.83. The van der Waals surface area contributed by atoms with Gasteiger partial charge in [-0.05, 0) is 55.5 Å². The maximum Gasteiger partial charge on any atom is 0.257 e. The fraction of sp³-hybridized carbons (Fsp3) is 0.350. The summed E-state index contributed by atoms with van der Waals surface area (Å²) in [4.78, 5) is 18.7. The van der Waals surface area contributed by atoms with Crippen molar-refractivity contribution in [3.05, 3.63) is 60.1 Å². The lowest BCUT2D eigenvalue weighted by molar-refractivity contribution is 0.0667. The normalized spacial score (nSPS) is 17.2. The Morgan fingerprint density at radius 3 is 2.89 bits per heavy atom. The maximum absolute atomic E-state index is 13.0. The first-order valence-corrected chi connectivity index (χ1v) is 9.09. The maximum atomic E-state index is 13.0. The number of carbonyl (C=O) groups is 1. The van der Waals surface area contributed by atoms with Crippen molar-refractivity contribution in [3.8, 4) is 11.5 Å². The first-order chi connectivity index (χ1) is 13.2. The molecular formula is C20H20FN3O3. The van der Waals surface area contributed by atoms with Crippen LogP contribution < -0.4 is 0 Å². The molecule has 0 N–H and O–H groups in total. The number of aromatic nitrogens is 2. The molecule has 27 heavy (non-hydrogen) atoms. The molecule has 1 atom stereocenters. The van der Waals surface area contributed by atoms with Gasteiger partial charge in [0.1, 0.15) is 12.1 Å². The Bertz CT molecular complexity index is 890. The summed E-state index contributed by atoms with van der Waals surface area (Å²) in [5.74, 6) is 1.15. The van der Waals surface area contributed by atoms with Crippen LogP contribution >= 0.6 is 0 Å². The van der Waals surface area contributed by atoms with E-state index in [-0.39, 0.29) is 11.7 Å². The van der Waals surface area contributed by atoms with E-state index in [2.05, 4.69) is 10.1 Å². The van der Waals surface area contributed by atoms with Gasteiger partial charge in [0.25, 0.3) is 11.8 Å². The average Bonchev–Trinajstić information content (AvgIpc) is 3.39. The van der Waals surface area contributed by atoms with Crippen LogP contribution in [0.4, 0.5) is 4.39 Å². The number of hydrogen-bond acceptors (Lipinski definition) is 5. The average molecular weight is 369 g/mol. The first kappa shape index (κ1) is 17.5. The first-order valence-electron chi connectivity index (χ1n) is 9.09. The van der Waals surface area contributed by atoms with Crippen LogP contribution in [-0.4, -0.2) is 34.0 Å². The van der Waals surface area contributed by atoms with E-state index < -0.39 is 0 Å². The summed E-state index contributed by atoms with van der Waals surface area (Å²) < 4.78 is 23.3. The molecule has 140 valence electrons. The predicted octanol–water partition coefficient (Wildman–Crippen LogP) is 3.95. The Morgan fingerprint density at radius 2 is 2.11 bits per heavy atom. The van der Waals surface area contributed by atoms with Crippen molar-refractivity contribution in [2.45, 2.75) is 25.7 Å². The molecule has 3 heterocycles. The molecule has 6 nitrogen and oxygen atoms in total. The van der Waals surface area contributed by atoms with Crippen molar-refractivity contribution in [2.75, 3.05) is 13.1 Å². The number of furan rings is 1. The number of aryl methyl sites for hydroxylation is 1. The molecule has 0 saturated carbocycles. The summed E-state index contributed by atoms with van der Waals surface area (Å²) >= 11 is 0. The van der Waals surface area contributed by atoms with Crippen LogP contribution in [0.25, 0.3) is 11.5 Å². The number of hydrogen-bond donors (Lipinski definition) is 0. The van der Waals surface area contributed by atoms with E-state index in [1.807, 2.05) is 4.90 Å². The Morgan fingerprint density at radius 1 is 1.26 bits per heavy atom. The summed E-state index contributed by atoms with van der Waals surface area (Å²) in [5.41, 5.74) is 1.29. The van der Waals surface area contributed by atoms with Crippen LogP contribution in [0, 0.1) is 11.7 Å². The summed E-state index contributed by atoms with van der Waals surface area (Å²) in [5, 5.41) is 4.02. The molecule has 4 rings (SSSR count). The monoisotopic (exact) mass is 369 g/mol. The number of benzene rings is 1. The highest BCUT2D eigenvalue weighted by molar-refractivity contribution is 5.93. The molecule has 0 aliphatic carbocycles. The number of carbonyl (C=O) groups excluding carboxylic acids is 1. The van der Waals surface area contributed by atoms with Gasteiger partial charge in [0.15, 0.2) is 5.82 Å². The zero-order valence-electron chi connectivity index (χ0n) is 14.8. The summed E-state index contributed by atoms with van der Waals surface area (Å²) in [6.45, 7) is 1.50. The highest BCUT2D eigenvalue weighted by Crippen LogP contribution is 2.24. The van der Waals surface area contributed by atoms with Crippen molar-refractivity contribution in [1.82, 2.24) is 15.0 Å². The zero-order chi connectivity index (χ0) is 18.6. The van der Waals surface area contributed by atoms with E-state index in [9.17, 15) is 9.18 Å². The molecule has 1 fully saturated rings. The minimum absolute atomic E-state index is 0.0200. The molecule has 3 aromatic rings. The van der Waals surface area contributed by atoms with Gasteiger partial charge in [0.05, 0.1) is 11.8 Å². The number of rotatable bonds is 5. The fourth-order valence-electron chi connectivity index (χ4n) is 3.45. The van der Waals surface area contributed by atoms with Gasteiger partial charge in [-0.25, -0.2) is 4.39 Å². The molecule has 0 radical (unpaired) electrons. The lowest BCUT2D eigenvalue weighted by Crippen LogP contribution is -2.39. The van der Waals surface area contributed by atoms with E-state index >= 15 is 0 Å². The van der Waals surface area contributed by atoms with E-state index in [4.69, 9.17) is 8.94 Å². The van der Waals surface area contributed by atoms with Crippen LogP contribution in [0.1, 0.15) is 35.4 Å². The second kappa shape index (κ2) is 7.73. The van der Waals surface area contributed by atoms with Crippen LogP contribution in [-0.2, 0) is 6.42 Å². The molecule has 1 saturated heterocycles. The molecule has 0 spiro atoms. The lowest BCUT2D eigenvalue weighted by atomic mass is 9.93. The van der Waals surface area contributed by atoms with Gasteiger partial charge in [-0.1, -0.05) is 5.16 Å². The summed E-state index contributed by atoms with van der Waals surface area (Å²) in [7, 11) is 0. The Labute approximate surface area is 156 Å². The molecule has 2 aromatic heterocycles. The molecule has 1 aliphatic rings. The Balaban J connectivity index is 1.33. The highest BCUT2D eigenvalue weighted by Gasteiger charge is 2.25. The quantitative estimate of drug-likeness (QED) is 0.681. The topological polar surface area (TPSA) is 72.4 Å². The van der Waals surface area contributed by atoms with E-state index in [1.165, 1.54) is 24.7 Å². The van der Waals surface area contributed by atoms with Crippen molar-refractivity contribution < 1.29 is 18.1 Å². The van der Waals surface area contributed by atoms with Crippen LogP contribution in [0.2, 0.25) is 0 Å². The van der Waals surface area contributed by atoms with Gasteiger partial charge < -0.3 is 13.8 Å². The Hall–Kier alpha value is -2.96. The standard InChI is InChI=1S/C20H20FN3O3/c21-17-6-4-15(5-7-17)19-22-18(23-27-19)8-3-14-2-1-10-24(12-14)20(25)16-9-11-26-13-16/h4-7,9,11,13-14H,1-3,8,10,12H2. The molecular weight excluding hydrogens is 349 g/mol. The van der Waals surface area contributed by atoms with E-state index in [1.54, 1.807) is 18.2 Å². The molecule has 1 amide bonds. The highest BCUT2D eigenvalue weighted by atomic mass is 19.1. The number of halogens is 1. The van der Waals surface area contributed by atoms with Crippen molar-refractivity contribution in [2.24, 2.45) is 5.92 Å². The predicted molar refractivity (Wildman–Crippen MR) is 95.3 cm³/mol. The fourth-order valence-corrected chi connectivity index (χ4v) is 3.45. The molecule has 7 heteroatoms. The summed E-state index contributed by atoms with van der Waals surface area (Å²) in [6.07, 6.45) is 6.64. The third kappa shape index (κ3) is 4.07. The second-order valence-corrected chi connectivity index (χ2v) is 6.83. The van der Waals surface area contributed by atoms with Gasteiger partial charge in [0.2, 0.25) is 0 Å². The molecule has 1 aliphatic heterocycles. The number of likely N-dealkylation sites (tertiary alicyclic amines) is 1. The Kier molecular flexibility index (Phi) is 5.00. The van der Waals surface area contributed by atoms with Crippen molar-refractivity contribution >= 4 is 5.91 Å². The molecule has 0 bridgehead atoms. The van der Waals surface area contributed by atoms with Gasteiger partial charge in [-0.2, -0.15) is 4.98 Å². The van der Waals surface area contributed by atoms with Crippen LogP contribution in [0.5, 0.6) is 0 Å². The van der Waals surface area contributed by atoms with E-state index in [0.29, 0.717) is 35.2 Å².